The summed E-state index contributed by atoms with van der Waals surface area (Å²) < 4.78 is 19.4. The highest BCUT2D eigenvalue weighted by Crippen LogP contribution is 2.30. The number of aromatic nitrogens is 1. The van der Waals surface area contributed by atoms with Crippen LogP contribution in [0.2, 0.25) is 0 Å². The van der Waals surface area contributed by atoms with Crippen molar-refractivity contribution in [3.8, 4) is 11.5 Å². The molecule has 0 aliphatic rings. The molecule has 0 fully saturated rings. The first-order chi connectivity index (χ1) is 13.0. The summed E-state index contributed by atoms with van der Waals surface area (Å²) >= 11 is 0. The van der Waals surface area contributed by atoms with Crippen LogP contribution in [-0.4, -0.2) is 18.1 Å². The van der Waals surface area contributed by atoms with Gasteiger partial charge in [0, 0.05) is 24.5 Å². The largest absolute Gasteiger partial charge is 0.455 e. The number of benzene rings is 2. The third kappa shape index (κ3) is 4.13. The van der Waals surface area contributed by atoms with E-state index < -0.39 is 0 Å². The van der Waals surface area contributed by atoms with Gasteiger partial charge in [-0.25, -0.2) is 4.39 Å². The predicted octanol–water partition coefficient (Wildman–Crippen LogP) is 5.39. The number of rotatable bonds is 7. The molecule has 1 N–H and O–H groups in total. The zero-order chi connectivity index (χ0) is 19.4. The fraction of sp³-hybridized carbons (Fsp3) is 0.318. The summed E-state index contributed by atoms with van der Waals surface area (Å²) in [6.45, 7) is 7.77. The monoisotopic (exact) mass is 368 g/mol. The minimum absolute atomic E-state index is 0.0442. The van der Waals surface area contributed by atoms with Crippen LogP contribution in [0.1, 0.15) is 32.3 Å². The fourth-order valence-electron chi connectivity index (χ4n) is 3.23. The summed E-state index contributed by atoms with van der Waals surface area (Å²) in [5.41, 5.74) is 1.31. The number of halogens is 1. The normalized spacial score (nSPS) is 11.0. The number of nitrogens with one attached hydrogen (secondary N) is 1. The Morgan fingerprint density at radius 1 is 1.04 bits per heavy atom. The van der Waals surface area contributed by atoms with Crippen LogP contribution >= 0.6 is 0 Å². The lowest BCUT2D eigenvalue weighted by Gasteiger charge is -2.24. The van der Waals surface area contributed by atoms with Gasteiger partial charge in [-0.15, -0.1) is 0 Å². The maximum absolute atomic E-state index is 13.4. The second kappa shape index (κ2) is 8.25. The topological polar surface area (TPSA) is 45.3 Å². The van der Waals surface area contributed by atoms with E-state index in [1.54, 1.807) is 31.2 Å². The Hall–Kier alpha value is -2.82. The number of aryl methyl sites for hydroxylation is 1. The van der Waals surface area contributed by atoms with Gasteiger partial charge < -0.3 is 14.6 Å². The molecule has 3 aromatic rings. The van der Waals surface area contributed by atoms with E-state index in [2.05, 4.69) is 23.7 Å². The number of para-hydroxylation sites is 1. The van der Waals surface area contributed by atoms with E-state index in [0.29, 0.717) is 28.0 Å². The van der Waals surface area contributed by atoms with Gasteiger partial charge in [0.25, 0.3) is 0 Å². The van der Waals surface area contributed by atoms with E-state index in [-0.39, 0.29) is 11.2 Å². The van der Waals surface area contributed by atoms with E-state index >= 15 is 0 Å². The lowest BCUT2D eigenvalue weighted by molar-refractivity contribution is 0.481. The second-order valence-corrected chi connectivity index (χ2v) is 6.70. The first-order valence-corrected chi connectivity index (χ1v) is 9.38. The molecular weight excluding hydrogens is 343 g/mol. The van der Waals surface area contributed by atoms with Crippen LogP contribution in [0.15, 0.2) is 47.3 Å². The van der Waals surface area contributed by atoms with Crippen LogP contribution in [0.5, 0.6) is 11.5 Å². The fourth-order valence-corrected chi connectivity index (χ4v) is 3.23. The van der Waals surface area contributed by atoms with Crippen molar-refractivity contribution < 1.29 is 9.13 Å². The molecule has 142 valence electrons. The van der Waals surface area contributed by atoms with E-state index in [1.165, 1.54) is 12.1 Å². The average molecular weight is 368 g/mol. The van der Waals surface area contributed by atoms with Crippen molar-refractivity contribution >= 4 is 16.7 Å². The van der Waals surface area contributed by atoms with Crippen LogP contribution in [-0.2, 0) is 0 Å². The Balaban J connectivity index is 2.09. The number of H-pyrrole nitrogens is 1. The summed E-state index contributed by atoms with van der Waals surface area (Å²) in [6, 6.07) is 11.4. The highest BCUT2D eigenvalue weighted by atomic mass is 19.1. The first-order valence-electron chi connectivity index (χ1n) is 9.38. The van der Waals surface area contributed by atoms with Crippen LogP contribution in [0.25, 0.3) is 10.9 Å². The molecule has 0 radical (unpaired) electrons. The Bertz CT molecular complexity index is 991. The minimum Gasteiger partial charge on any atom is -0.455 e. The van der Waals surface area contributed by atoms with Crippen molar-refractivity contribution in [3.05, 3.63) is 64.1 Å². The maximum atomic E-state index is 13.4. The zero-order valence-corrected chi connectivity index (χ0v) is 16.0. The lowest BCUT2D eigenvalue weighted by Crippen LogP contribution is -2.27. The van der Waals surface area contributed by atoms with E-state index in [9.17, 15) is 9.18 Å². The average Bonchev–Trinajstić information content (AvgIpc) is 2.64. The molecule has 3 rings (SSSR count). The van der Waals surface area contributed by atoms with E-state index in [4.69, 9.17) is 4.74 Å². The molecule has 0 saturated carbocycles. The maximum Gasteiger partial charge on any atom is 0.191 e. The predicted molar refractivity (Wildman–Crippen MR) is 109 cm³/mol. The van der Waals surface area contributed by atoms with Crippen molar-refractivity contribution in [3.63, 3.8) is 0 Å². The summed E-state index contributed by atoms with van der Waals surface area (Å²) in [6.07, 6.45) is 1.99. The smallest absolute Gasteiger partial charge is 0.191 e. The number of nitrogens with zero attached hydrogens (tertiary/aromatic N) is 1. The molecule has 0 amide bonds. The van der Waals surface area contributed by atoms with Gasteiger partial charge in [-0.2, -0.15) is 0 Å². The number of anilines is 1. The van der Waals surface area contributed by atoms with Gasteiger partial charge >= 0.3 is 0 Å². The molecule has 27 heavy (non-hydrogen) atoms. The molecule has 4 nitrogen and oxygen atoms in total. The molecule has 1 aromatic heterocycles. The molecular formula is C22H25FN2O2. The molecule has 0 saturated heterocycles. The number of aromatic amines is 1. The van der Waals surface area contributed by atoms with Crippen molar-refractivity contribution in [1.29, 1.82) is 0 Å². The van der Waals surface area contributed by atoms with Crippen LogP contribution in [0.3, 0.4) is 0 Å². The Labute approximate surface area is 158 Å². The number of pyridine rings is 1. The standard InChI is InChI=1S/C22H25FN2O2/c1-4-11-25(12-5-2)21-14-18(26)17-7-6-8-20(22(17)24-21)27-19-10-9-16(23)13-15(19)3/h6-10,13-14H,4-5,11-12H2,1-3H3,(H,24,26). The molecule has 5 heteroatoms. The highest BCUT2D eigenvalue weighted by Gasteiger charge is 2.13. The molecule has 0 bridgehead atoms. The van der Waals surface area contributed by atoms with Gasteiger partial charge in [0.2, 0.25) is 0 Å². The third-order valence-corrected chi connectivity index (χ3v) is 4.50. The molecule has 0 aliphatic heterocycles. The summed E-state index contributed by atoms with van der Waals surface area (Å²) in [5, 5.41) is 0.573. The van der Waals surface area contributed by atoms with Crippen molar-refractivity contribution in [2.75, 3.05) is 18.0 Å². The van der Waals surface area contributed by atoms with Crippen molar-refractivity contribution in [1.82, 2.24) is 4.98 Å². The first kappa shape index (κ1) is 19.0. The highest BCUT2D eigenvalue weighted by molar-refractivity contribution is 5.86. The lowest BCUT2D eigenvalue weighted by atomic mass is 10.2. The molecule has 0 aliphatic carbocycles. The van der Waals surface area contributed by atoms with Gasteiger partial charge in [-0.1, -0.05) is 19.9 Å². The molecule has 2 aromatic carbocycles. The number of hydrogen-bond donors (Lipinski definition) is 1. The number of hydrogen-bond acceptors (Lipinski definition) is 3. The van der Waals surface area contributed by atoms with Gasteiger partial charge in [0.05, 0.1) is 5.52 Å². The number of ether oxygens (including phenoxy) is 1. The van der Waals surface area contributed by atoms with Crippen LogP contribution < -0.4 is 15.1 Å². The SMILES string of the molecule is CCCN(CCC)c1cc(=O)c2cccc(Oc3ccc(F)cc3C)c2[nH]1. The van der Waals surface area contributed by atoms with Crippen molar-refractivity contribution in [2.45, 2.75) is 33.6 Å². The van der Waals surface area contributed by atoms with E-state index in [1.807, 2.05) is 6.07 Å². The van der Waals surface area contributed by atoms with Gasteiger partial charge in [0.1, 0.15) is 17.4 Å². The Morgan fingerprint density at radius 3 is 2.44 bits per heavy atom. The number of fused-ring (bicyclic) bond motifs is 1. The van der Waals surface area contributed by atoms with Crippen LogP contribution in [0, 0.1) is 12.7 Å². The minimum atomic E-state index is -0.303. The summed E-state index contributed by atoms with van der Waals surface area (Å²) in [7, 11) is 0. The van der Waals surface area contributed by atoms with Gasteiger partial charge in [-0.3, -0.25) is 4.79 Å². The zero-order valence-electron chi connectivity index (χ0n) is 16.0. The molecule has 0 atom stereocenters. The summed E-state index contributed by atoms with van der Waals surface area (Å²) in [5.74, 6) is 1.61. The third-order valence-electron chi connectivity index (χ3n) is 4.50. The Morgan fingerprint density at radius 2 is 1.78 bits per heavy atom. The molecule has 1 heterocycles. The quantitative estimate of drug-likeness (QED) is 0.608. The second-order valence-electron chi connectivity index (χ2n) is 6.70. The Kier molecular flexibility index (Phi) is 5.79. The van der Waals surface area contributed by atoms with Crippen molar-refractivity contribution in [2.24, 2.45) is 0 Å². The van der Waals surface area contributed by atoms with E-state index in [0.717, 1.165) is 31.7 Å². The van der Waals surface area contributed by atoms with Crippen LogP contribution in [0.4, 0.5) is 10.2 Å². The van der Waals surface area contributed by atoms with Gasteiger partial charge in [0.15, 0.2) is 11.2 Å². The molecule has 0 spiro atoms. The molecule has 0 unspecified atom stereocenters. The summed E-state index contributed by atoms with van der Waals surface area (Å²) in [4.78, 5) is 18.2. The van der Waals surface area contributed by atoms with Gasteiger partial charge in [-0.05, 0) is 55.7 Å².